The molecule has 0 spiro atoms. The van der Waals surface area contributed by atoms with Crippen LogP contribution in [0.15, 0.2) is 18.3 Å². The van der Waals surface area contributed by atoms with E-state index in [0.29, 0.717) is 24.5 Å². The topological polar surface area (TPSA) is 59.1 Å². The van der Waals surface area contributed by atoms with Crippen LogP contribution in [-0.4, -0.2) is 22.7 Å². The molecule has 0 bridgehead atoms. The third-order valence-electron chi connectivity index (χ3n) is 2.97. The molecule has 1 aliphatic carbocycles. The van der Waals surface area contributed by atoms with Crippen molar-refractivity contribution in [2.75, 3.05) is 6.54 Å². The van der Waals surface area contributed by atoms with Crippen molar-refractivity contribution in [3.8, 4) is 0 Å². The van der Waals surface area contributed by atoms with Gasteiger partial charge in [-0.2, -0.15) is 0 Å². The number of hydrogen-bond acceptors (Lipinski definition) is 3. The van der Waals surface area contributed by atoms with Gasteiger partial charge >= 0.3 is 0 Å². The van der Waals surface area contributed by atoms with Gasteiger partial charge in [-0.25, -0.2) is 4.98 Å². The number of aliphatic hydroxyl groups is 1. The fourth-order valence-electron chi connectivity index (χ4n) is 2.12. The molecular formula is C10H13ClN2O. The Hall–Kier alpha value is -0.640. The van der Waals surface area contributed by atoms with Crippen LogP contribution in [0.2, 0.25) is 5.15 Å². The fourth-order valence-corrected chi connectivity index (χ4v) is 2.44. The van der Waals surface area contributed by atoms with Crippen molar-refractivity contribution in [2.24, 2.45) is 5.73 Å². The minimum Gasteiger partial charge on any atom is -0.393 e. The van der Waals surface area contributed by atoms with E-state index in [-0.39, 0.29) is 11.5 Å². The minimum absolute atomic E-state index is 0.148. The molecule has 0 aliphatic heterocycles. The summed E-state index contributed by atoms with van der Waals surface area (Å²) in [5, 5.41) is 9.85. The lowest BCUT2D eigenvalue weighted by Gasteiger charge is -2.45. The van der Waals surface area contributed by atoms with Crippen LogP contribution in [-0.2, 0) is 5.41 Å². The van der Waals surface area contributed by atoms with E-state index in [0.717, 1.165) is 5.56 Å². The van der Waals surface area contributed by atoms with Crippen molar-refractivity contribution in [2.45, 2.75) is 24.4 Å². The normalized spacial score (nSPS) is 31.2. The molecule has 1 aliphatic rings. The van der Waals surface area contributed by atoms with Crippen LogP contribution in [0.5, 0.6) is 0 Å². The van der Waals surface area contributed by atoms with Gasteiger partial charge < -0.3 is 10.8 Å². The maximum absolute atomic E-state index is 9.35. The third kappa shape index (κ3) is 1.41. The Kier molecular flexibility index (Phi) is 2.47. The summed E-state index contributed by atoms with van der Waals surface area (Å²) in [6, 6.07) is 3.79. The van der Waals surface area contributed by atoms with Gasteiger partial charge in [-0.15, -0.1) is 0 Å². The monoisotopic (exact) mass is 212 g/mol. The molecule has 1 fully saturated rings. The molecule has 0 aromatic carbocycles. The van der Waals surface area contributed by atoms with Crippen LogP contribution in [0, 0.1) is 0 Å². The Bertz CT molecular complexity index is 337. The van der Waals surface area contributed by atoms with E-state index < -0.39 is 0 Å². The molecule has 3 N–H and O–H groups in total. The maximum Gasteiger partial charge on any atom is 0.132 e. The molecule has 0 unspecified atom stereocenters. The van der Waals surface area contributed by atoms with Gasteiger partial charge in [-0.1, -0.05) is 17.7 Å². The van der Waals surface area contributed by atoms with E-state index in [1.165, 1.54) is 0 Å². The molecule has 0 saturated heterocycles. The Morgan fingerprint density at radius 3 is 2.86 bits per heavy atom. The number of aliphatic hydroxyl groups excluding tert-OH is 1. The lowest BCUT2D eigenvalue weighted by Crippen LogP contribution is -2.50. The maximum atomic E-state index is 9.35. The van der Waals surface area contributed by atoms with E-state index in [2.05, 4.69) is 4.98 Å². The van der Waals surface area contributed by atoms with Crippen LogP contribution in [0.4, 0.5) is 0 Å². The van der Waals surface area contributed by atoms with Crippen LogP contribution in [0.1, 0.15) is 18.4 Å². The number of nitrogens with zero attached hydrogens (tertiary/aromatic N) is 1. The number of aromatic nitrogens is 1. The fraction of sp³-hybridized carbons (Fsp3) is 0.500. The van der Waals surface area contributed by atoms with Gasteiger partial charge in [0, 0.05) is 18.2 Å². The quantitative estimate of drug-likeness (QED) is 0.722. The molecule has 2 rings (SSSR count). The summed E-state index contributed by atoms with van der Waals surface area (Å²) in [4.78, 5) is 4.03. The number of halogens is 1. The van der Waals surface area contributed by atoms with Crippen LogP contribution in [0.3, 0.4) is 0 Å². The Labute approximate surface area is 87.9 Å². The number of nitrogens with two attached hydrogens (primary N) is 1. The predicted molar refractivity (Wildman–Crippen MR) is 55.2 cm³/mol. The highest BCUT2D eigenvalue weighted by Crippen LogP contribution is 2.44. The second kappa shape index (κ2) is 3.50. The van der Waals surface area contributed by atoms with Crippen molar-refractivity contribution in [3.63, 3.8) is 0 Å². The van der Waals surface area contributed by atoms with E-state index in [1.807, 2.05) is 12.1 Å². The average Bonchev–Trinajstić information content (AvgIpc) is 2.14. The van der Waals surface area contributed by atoms with Crippen molar-refractivity contribution < 1.29 is 5.11 Å². The second-order valence-electron chi connectivity index (χ2n) is 3.89. The summed E-state index contributed by atoms with van der Waals surface area (Å²) < 4.78 is 0. The number of pyridine rings is 1. The molecule has 0 amide bonds. The highest BCUT2D eigenvalue weighted by Gasteiger charge is 2.45. The SMILES string of the molecule is NCC1(c2cccnc2Cl)CC(O)C1. The van der Waals surface area contributed by atoms with Crippen LogP contribution < -0.4 is 5.73 Å². The van der Waals surface area contributed by atoms with Gasteiger partial charge in [0.15, 0.2) is 0 Å². The van der Waals surface area contributed by atoms with E-state index in [9.17, 15) is 5.11 Å². The highest BCUT2D eigenvalue weighted by molar-refractivity contribution is 6.30. The molecule has 14 heavy (non-hydrogen) atoms. The summed E-state index contributed by atoms with van der Waals surface area (Å²) in [6.07, 6.45) is 2.80. The van der Waals surface area contributed by atoms with E-state index in [1.54, 1.807) is 6.20 Å². The van der Waals surface area contributed by atoms with Gasteiger partial charge in [0.05, 0.1) is 6.10 Å². The molecule has 1 heterocycles. The summed E-state index contributed by atoms with van der Waals surface area (Å²) >= 11 is 6.00. The van der Waals surface area contributed by atoms with Crippen molar-refractivity contribution in [3.05, 3.63) is 29.0 Å². The van der Waals surface area contributed by atoms with Crippen molar-refractivity contribution in [1.29, 1.82) is 0 Å². The van der Waals surface area contributed by atoms with Gasteiger partial charge in [0.1, 0.15) is 5.15 Å². The molecule has 0 atom stereocenters. The van der Waals surface area contributed by atoms with Crippen molar-refractivity contribution >= 4 is 11.6 Å². The highest BCUT2D eigenvalue weighted by atomic mass is 35.5. The minimum atomic E-state index is -0.241. The lowest BCUT2D eigenvalue weighted by atomic mass is 9.63. The first-order chi connectivity index (χ1) is 6.68. The molecule has 1 aromatic heterocycles. The number of rotatable bonds is 2. The zero-order chi connectivity index (χ0) is 10.2. The standard InChI is InChI=1S/C10H13ClN2O/c11-9-8(2-1-3-13-9)10(6-12)4-7(14)5-10/h1-3,7,14H,4-6,12H2. The van der Waals surface area contributed by atoms with E-state index in [4.69, 9.17) is 17.3 Å². The molecule has 76 valence electrons. The first-order valence-electron chi connectivity index (χ1n) is 4.67. The Morgan fingerprint density at radius 1 is 1.64 bits per heavy atom. The number of hydrogen-bond donors (Lipinski definition) is 2. The smallest absolute Gasteiger partial charge is 0.132 e. The van der Waals surface area contributed by atoms with Gasteiger partial charge in [-0.3, -0.25) is 0 Å². The van der Waals surface area contributed by atoms with Gasteiger partial charge in [0.25, 0.3) is 0 Å². The first kappa shape index (κ1) is 9.90. The third-order valence-corrected chi connectivity index (χ3v) is 3.28. The van der Waals surface area contributed by atoms with E-state index >= 15 is 0 Å². The van der Waals surface area contributed by atoms with Crippen molar-refractivity contribution in [1.82, 2.24) is 4.98 Å². The molecule has 4 heteroatoms. The zero-order valence-corrected chi connectivity index (χ0v) is 8.54. The van der Waals surface area contributed by atoms with Crippen LogP contribution >= 0.6 is 11.6 Å². The van der Waals surface area contributed by atoms with Gasteiger partial charge in [0.2, 0.25) is 0 Å². The molecular weight excluding hydrogens is 200 g/mol. The zero-order valence-electron chi connectivity index (χ0n) is 7.78. The first-order valence-corrected chi connectivity index (χ1v) is 5.05. The summed E-state index contributed by atoms with van der Waals surface area (Å²) in [5.74, 6) is 0. The summed E-state index contributed by atoms with van der Waals surface area (Å²) in [5.41, 5.74) is 6.55. The van der Waals surface area contributed by atoms with Gasteiger partial charge in [-0.05, 0) is 24.5 Å². The molecule has 1 aromatic rings. The molecule has 0 radical (unpaired) electrons. The lowest BCUT2D eigenvalue weighted by molar-refractivity contribution is 0.0221. The van der Waals surface area contributed by atoms with Crippen LogP contribution in [0.25, 0.3) is 0 Å². The predicted octanol–water partition coefficient (Wildman–Crippen LogP) is 1.09. The average molecular weight is 213 g/mol. The molecule has 1 saturated carbocycles. The second-order valence-corrected chi connectivity index (χ2v) is 4.25. The Balaban J connectivity index is 2.34. The summed E-state index contributed by atoms with van der Waals surface area (Å²) in [6.45, 7) is 0.509. The Morgan fingerprint density at radius 2 is 2.36 bits per heavy atom. The molecule has 3 nitrogen and oxygen atoms in total. The largest absolute Gasteiger partial charge is 0.393 e. The summed E-state index contributed by atoms with van der Waals surface area (Å²) in [7, 11) is 0.